The quantitative estimate of drug-likeness (QED) is 0.764. The summed E-state index contributed by atoms with van der Waals surface area (Å²) in [6.45, 7) is 3.62. The van der Waals surface area contributed by atoms with Crippen LogP contribution < -0.4 is 0 Å². The minimum atomic E-state index is -0.261. The van der Waals surface area contributed by atoms with E-state index in [2.05, 4.69) is 0 Å². The SMILES string of the molecule is CC(C)OC(=O)Cc1ccc(Cl)c(Cl)c1. The Hall–Kier alpha value is -0.730. The molecule has 0 unspecified atom stereocenters. The highest BCUT2D eigenvalue weighted by molar-refractivity contribution is 6.42. The molecule has 0 aromatic heterocycles. The second-order valence-corrected chi connectivity index (χ2v) is 4.28. The number of carbonyl (C=O) groups is 1. The van der Waals surface area contributed by atoms with E-state index >= 15 is 0 Å². The van der Waals surface area contributed by atoms with Gasteiger partial charge in [-0.15, -0.1) is 0 Å². The summed E-state index contributed by atoms with van der Waals surface area (Å²) in [4.78, 5) is 11.3. The summed E-state index contributed by atoms with van der Waals surface area (Å²) in [7, 11) is 0. The molecule has 15 heavy (non-hydrogen) atoms. The Kier molecular flexibility index (Phi) is 4.43. The number of hydrogen-bond donors (Lipinski definition) is 0. The molecule has 0 aliphatic heterocycles. The molecule has 4 heteroatoms. The molecule has 0 spiro atoms. The van der Waals surface area contributed by atoms with Crippen molar-refractivity contribution in [2.24, 2.45) is 0 Å². The molecule has 0 heterocycles. The van der Waals surface area contributed by atoms with E-state index in [1.54, 1.807) is 18.2 Å². The van der Waals surface area contributed by atoms with Gasteiger partial charge in [-0.1, -0.05) is 29.3 Å². The lowest BCUT2D eigenvalue weighted by Crippen LogP contribution is -2.13. The van der Waals surface area contributed by atoms with Crippen LogP contribution in [0.2, 0.25) is 10.0 Å². The minimum absolute atomic E-state index is 0.0970. The van der Waals surface area contributed by atoms with E-state index < -0.39 is 0 Å². The number of rotatable bonds is 3. The van der Waals surface area contributed by atoms with Gasteiger partial charge in [-0.3, -0.25) is 4.79 Å². The number of ether oxygens (including phenoxy) is 1. The molecule has 0 saturated heterocycles. The zero-order chi connectivity index (χ0) is 11.4. The first-order chi connectivity index (χ1) is 6.99. The van der Waals surface area contributed by atoms with Crippen molar-refractivity contribution >= 4 is 29.2 Å². The summed E-state index contributed by atoms with van der Waals surface area (Å²) in [6, 6.07) is 5.10. The van der Waals surface area contributed by atoms with Crippen molar-refractivity contribution < 1.29 is 9.53 Å². The third-order valence-electron chi connectivity index (χ3n) is 1.70. The van der Waals surface area contributed by atoms with E-state index in [1.807, 2.05) is 13.8 Å². The van der Waals surface area contributed by atoms with Gasteiger partial charge in [0.1, 0.15) is 0 Å². The van der Waals surface area contributed by atoms with Crippen molar-refractivity contribution in [3.05, 3.63) is 33.8 Å². The molecule has 0 bridgehead atoms. The molecule has 0 aliphatic rings. The number of benzene rings is 1. The maximum Gasteiger partial charge on any atom is 0.310 e. The smallest absolute Gasteiger partial charge is 0.310 e. The molecule has 1 aromatic rings. The van der Waals surface area contributed by atoms with E-state index in [-0.39, 0.29) is 18.5 Å². The maximum atomic E-state index is 11.3. The zero-order valence-corrected chi connectivity index (χ0v) is 10.1. The predicted molar refractivity (Wildman–Crippen MR) is 61.4 cm³/mol. The van der Waals surface area contributed by atoms with Gasteiger partial charge in [0.15, 0.2) is 0 Å². The summed E-state index contributed by atoms with van der Waals surface area (Å²) in [5.74, 6) is -0.261. The molecule has 0 radical (unpaired) electrons. The van der Waals surface area contributed by atoms with E-state index in [9.17, 15) is 4.79 Å². The molecular formula is C11H12Cl2O2. The molecule has 1 aromatic carbocycles. The zero-order valence-electron chi connectivity index (χ0n) is 8.59. The van der Waals surface area contributed by atoms with Crippen LogP contribution in [0.5, 0.6) is 0 Å². The van der Waals surface area contributed by atoms with E-state index in [0.717, 1.165) is 5.56 Å². The van der Waals surface area contributed by atoms with Crippen molar-refractivity contribution in [1.82, 2.24) is 0 Å². The van der Waals surface area contributed by atoms with Crippen molar-refractivity contribution in [2.75, 3.05) is 0 Å². The Morgan fingerprint density at radius 3 is 2.53 bits per heavy atom. The van der Waals surface area contributed by atoms with Gasteiger partial charge in [-0.2, -0.15) is 0 Å². The van der Waals surface area contributed by atoms with Crippen molar-refractivity contribution in [3.8, 4) is 0 Å². The van der Waals surface area contributed by atoms with Crippen LogP contribution in [0.1, 0.15) is 19.4 Å². The molecule has 0 fully saturated rings. The van der Waals surface area contributed by atoms with Gasteiger partial charge >= 0.3 is 5.97 Å². The molecule has 0 N–H and O–H groups in total. The monoisotopic (exact) mass is 246 g/mol. The number of hydrogen-bond acceptors (Lipinski definition) is 2. The molecule has 0 aliphatic carbocycles. The van der Waals surface area contributed by atoms with Gasteiger partial charge in [-0.25, -0.2) is 0 Å². The molecule has 82 valence electrons. The second-order valence-electron chi connectivity index (χ2n) is 3.46. The van der Waals surface area contributed by atoms with E-state index in [4.69, 9.17) is 27.9 Å². The number of esters is 1. The van der Waals surface area contributed by atoms with Crippen LogP contribution in [0.15, 0.2) is 18.2 Å². The molecule has 0 saturated carbocycles. The fraction of sp³-hybridized carbons (Fsp3) is 0.364. The third-order valence-corrected chi connectivity index (χ3v) is 2.44. The maximum absolute atomic E-state index is 11.3. The summed E-state index contributed by atoms with van der Waals surface area (Å²) < 4.78 is 5.01. The van der Waals surface area contributed by atoms with Gasteiger partial charge in [-0.05, 0) is 31.5 Å². The highest BCUT2D eigenvalue weighted by atomic mass is 35.5. The average Bonchev–Trinajstić information content (AvgIpc) is 2.10. The Bertz CT molecular complexity index is 362. The highest BCUT2D eigenvalue weighted by Crippen LogP contribution is 2.22. The van der Waals surface area contributed by atoms with Crippen LogP contribution in [0, 0.1) is 0 Å². The standard InChI is InChI=1S/C11H12Cl2O2/c1-7(2)15-11(14)6-8-3-4-9(12)10(13)5-8/h3-5,7H,6H2,1-2H3. The fourth-order valence-corrected chi connectivity index (χ4v) is 1.44. The first-order valence-electron chi connectivity index (χ1n) is 4.62. The lowest BCUT2D eigenvalue weighted by Gasteiger charge is -2.08. The van der Waals surface area contributed by atoms with Gasteiger partial charge in [0, 0.05) is 0 Å². The van der Waals surface area contributed by atoms with Crippen LogP contribution >= 0.6 is 23.2 Å². The van der Waals surface area contributed by atoms with E-state index in [1.165, 1.54) is 0 Å². The topological polar surface area (TPSA) is 26.3 Å². The fourth-order valence-electron chi connectivity index (χ4n) is 1.12. The highest BCUT2D eigenvalue weighted by Gasteiger charge is 2.08. The Balaban J connectivity index is 2.65. The third kappa shape index (κ3) is 4.10. The Morgan fingerprint density at radius 1 is 1.33 bits per heavy atom. The first-order valence-corrected chi connectivity index (χ1v) is 5.38. The van der Waals surface area contributed by atoms with E-state index in [0.29, 0.717) is 10.0 Å². The van der Waals surface area contributed by atoms with Gasteiger partial charge in [0.25, 0.3) is 0 Å². The first kappa shape index (κ1) is 12.3. The van der Waals surface area contributed by atoms with Crippen LogP contribution in [0.3, 0.4) is 0 Å². The van der Waals surface area contributed by atoms with Crippen LogP contribution in [0.4, 0.5) is 0 Å². The van der Waals surface area contributed by atoms with Crippen molar-refractivity contribution in [3.63, 3.8) is 0 Å². The Labute approximate surface area is 99.1 Å². The van der Waals surface area contributed by atoms with Crippen molar-refractivity contribution in [1.29, 1.82) is 0 Å². The van der Waals surface area contributed by atoms with Gasteiger partial charge in [0.2, 0.25) is 0 Å². The summed E-state index contributed by atoms with van der Waals surface area (Å²) >= 11 is 11.6. The van der Waals surface area contributed by atoms with Crippen LogP contribution in [-0.2, 0) is 16.0 Å². The molecule has 1 rings (SSSR count). The number of carbonyl (C=O) groups excluding carboxylic acids is 1. The normalized spacial score (nSPS) is 10.5. The second kappa shape index (κ2) is 5.38. The van der Waals surface area contributed by atoms with Gasteiger partial charge in [0.05, 0.1) is 22.6 Å². The van der Waals surface area contributed by atoms with Crippen LogP contribution in [-0.4, -0.2) is 12.1 Å². The molecule has 0 atom stereocenters. The lowest BCUT2D eigenvalue weighted by atomic mass is 10.1. The Morgan fingerprint density at radius 2 is 2.00 bits per heavy atom. The summed E-state index contributed by atoms with van der Waals surface area (Å²) in [6.07, 6.45) is 0.120. The number of halogens is 2. The van der Waals surface area contributed by atoms with Crippen molar-refractivity contribution in [2.45, 2.75) is 26.4 Å². The lowest BCUT2D eigenvalue weighted by molar-refractivity contribution is -0.146. The summed E-state index contributed by atoms with van der Waals surface area (Å²) in [5.41, 5.74) is 0.801. The largest absolute Gasteiger partial charge is 0.463 e. The van der Waals surface area contributed by atoms with Gasteiger partial charge < -0.3 is 4.74 Å². The summed E-state index contributed by atoms with van der Waals surface area (Å²) in [5, 5.41) is 0.934. The minimum Gasteiger partial charge on any atom is -0.463 e. The molecular weight excluding hydrogens is 235 g/mol. The average molecular weight is 247 g/mol. The predicted octanol–water partition coefficient (Wildman–Crippen LogP) is 3.49. The van der Waals surface area contributed by atoms with Crippen LogP contribution in [0.25, 0.3) is 0 Å². The molecule has 0 amide bonds. The molecule has 2 nitrogen and oxygen atoms in total.